The summed E-state index contributed by atoms with van der Waals surface area (Å²) in [5.74, 6) is -0.158. The van der Waals surface area contributed by atoms with Crippen molar-refractivity contribution in [2.75, 3.05) is 17.2 Å². The fraction of sp³-hybridized carbons (Fsp3) is 0.0870. The first-order valence-electron chi connectivity index (χ1n) is 9.77. The molecule has 4 aromatic rings. The number of anilines is 2. The van der Waals surface area contributed by atoms with Gasteiger partial charge in [0.25, 0.3) is 5.91 Å². The lowest BCUT2D eigenvalue weighted by atomic mass is 10.1. The number of hydrogen-bond donors (Lipinski definition) is 3. The summed E-state index contributed by atoms with van der Waals surface area (Å²) in [6.07, 6.45) is 4.36. The minimum absolute atomic E-state index is 0.158. The second kappa shape index (κ2) is 9.73. The molecule has 3 N–H and O–H groups in total. The highest BCUT2D eigenvalue weighted by Crippen LogP contribution is 2.22. The molecule has 0 aliphatic heterocycles. The minimum Gasteiger partial charge on any atom is -0.351 e. The van der Waals surface area contributed by atoms with Crippen LogP contribution in [-0.2, 0) is 6.42 Å². The van der Waals surface area contributed by atoms with Crippen molar-refractivity contribution in [2.45, 2.75) is 6.42 Å². The van der Waals surface area contributed by atoms with E-state index in [2.05, 4.69) is 21.0 Å². The molecule has 2 aromatic heterocycles. The van der Waals surface area contributed by atoms with Crippen molar-refractivity contribution in [1.29, 1.82) is 0 Å². The number of para-hydroxylation sites is 1. The van der Waals surface area contributed by atoms with E-state index in [0.717, 1.165) is 17.7 Å². The van der Waals surface area contributed by atoms with Crippen LogP contribution < -0.4 is 16.0 Å². The van der Waals surface area contributed by atoms with Gasteiger partial charge in [0, 0.05) is 24.6 Å². The largest absolute Gasteiger partial charge is 0.351 e. The summed E-state index contributed by atoms with van der Waals surface area (Å²) < 4.78 is 1.80. The first-order valence-corrected chi connectivity index (χ1v) is 10.6. The molecule has 8 heteroatoms. The summed E-state index contributed by atoms with van der Waals surface area (Å²) in [4.78, 5) is 25.0. The zero-order valence-corrected chi connectivity index (χ0v) is 17.4. The van der Waals surface area contributed by atoms with E-state index >= 15 is 0 Å². The smallest absolute Gasteiger partial charge is 0.324 e. The van der Waals surface area contributed by atoms with Gasteiger partial charge in [-0.3, -0.25) is 10.1 Å². The number of amides is 3. The van der Waals surface area contributed by atoms with Crippen LogP contribution in [0, 0.1) is 0 Å². The second-order valence-corrected chi connectivity index (χ2v) is 7.82. The molecule has 0 aliphatic carbocycles. The van der Waals surface area contributed by atoms with Gasteiger partial charge < -0.3 is 10.6 Å². The van der Waals surface area contributed by atoms with Gasteiger partial charge in [0.1, 0.15) is 0 Å². The lowest BCUT2D eigenvalue weighted by Gasteiger charge is -2.06. The van der Waals surface area contributed by atoms with Gasteiger partial charge in [-0.25, -0.2) is 9.48 Å². The molecule has 0 aliphatic rings. The minimum atomic E-state index is -0.349. The van der Waals surface area contributed by atoms with Crippen molar-refractivity contribution in [3.8, 4) is 5.69 Å². The SMILES string of the molecule is O=C(Nc1ccccc1)Nc1ccc(C(=O)NCCc2ccc(-n3cccn3)cc2)s1. The average Bonchev–Trinajstić information content (AvgIpc) is 3.47. The quantitative estimate of drug-likeness (QED) is 0.401. The Morgan fingerprint density at radius 1 is 0.903 bits per heavy atom. The Bertz CT molecular complexity index is 1140. The summed E-state index contributed by atoms with van der Waals surface area (Å²) in [5.41, 5.74) is 2.82. The molecule has 0 spiro atoms. The predicted molar refractivity (Wildman–Crippen MR) is 123 cm³/mol. The third-order valence-electron chi connectivity index (χ3n) is 4.50. The highest BCUT2D eigenvalue weighted by molar-refractivity contribution is 7.18. The van der Waals surface area contributed by atoms with Crippen LogP contribution in [0.1, 0.15) is 15.2 Å². The zero-order chi connectivity index (χ0) is 21.5. The summed E-state index contributed by atoms with van der Waals surface area (Å²) in [5, 5.41) is 13.2. The van der Waals surface area contributed by atoms with Crippen LogP contribution in [0.2, 0.25) is 0 Å². The number of urea groups is 1. The number of carbonyl (C=O) groups is 2. The lowest BCUT2D eigenvalue weighted by Crippen LogP contribution is -2.24. The average molecular weight is 432 g/mol. The number of nitrogens with zero attached hydrogens (tertiary/aromatic N) is 2. The molecular weight excluding hydrogens is 410 g/mol. The maximum Gasteiger partial charge on any atom is 0.324 e. The molecule has 156 valence electrons. The van der Waals surface area contributed by atoms with Gasteiger partial charge in [0.05, 0.1) is 15.6 Å². The van der Waals surface area contributed by atoms with E-state index in [-0.39, 0.29) is 11.9 Å². The van der Waals surface area contributed by atoms with Gasteiger partial charge in [0.2, 0.25) is 0 Å². The Hall–Kier alpha value is -3.91. The number of benzene rings is 2. The Labute approximate surface area is 183 Å². The van der Waals surface area contributed by atoms with Crippen molar-refractivity contribution >= 4 is 34.0 Å². The molecule has 2 aromatic carbocycles. The first-order chi connectivity index (χ1) is 15.2. The van der Waals surface area contributed by atoms with Crippen molar-refractivity contribution < 1.29 is 9.59 Å². The molecule has 0 saturated carbocycles. The Morgan fingerprint density at radius 3 is 2.45 bits per heavy atom. The van der Waals surface area contributed by atoms with E-state index in [1.807, 2.05) is 54.7 Å². The number of nitrogens with one attached hydrogen (secondary N) is 3. The van der Waals surface area contributed by atoms with Crippen LogP contribution in [0.3, 0.4) is 0 Å². The highest BCUT2D eigenvalue weighted by Gasteiger charge is 2.11. The van der Waals surface area contributed by atoms with Crippen molar-refractivity contribution in [3.63, 3.8) is 0 Å². The molecule has 2 heterocycles. The molecule has 31 heavy (non-hydrogen) atoms. The highest BCUT2D eigenvalue weighted by atomic mass is 32.1. The molecule has 3 amide bonds. The van der Waals surface area contributed by atoms with Gasteiger partial charge in [-0.2, -0.15) is 5.10 Å². The molecule has 7 nitrogen and oxygen atoms in total. The van der Waals surface area contributed by atoms with E-state index in [1.165, 1.54) is 11.3 Å². The first kappa shape index (κ1) is 20.4. The molecule has 0 fully saturated rings. The molecule has 0 radical (unpaired) electrons. The molecular formula is C23H21N5O2S. The summed E-state index contributed by atoms with van der Waals surface area (Å²) >= 11 is 1.23. The second-order valence-electron chi connectivity index (χ2n) is 6.73. The molecule has 4 rings (SSSR count). The molecule has 0 saturated heterocycles. The number of aromatic nitrogens is 2. The monoisotopic (exact) mass is 431 g/mol. The van der Waals surface area contributed by atoms with Crippen LogP contribution in [0.15, 0.2) is 85.2 Å². The molecule has 0 bridgehead atoms. The van der Waals surface area contributed by atoms with Crippen LogP contribution >= 0.6 is 11.3 Å². The van der Waals surface area contributed by atoms with E-state index in [9.17, 15) is 9.59 Å². The maximum atomic E-state index is 12.4. The van der Waals surface area contributed by atoms with Gasteiger partial charge in [-0.05, 0) is 54.4 Å². The van der Waals surface area contributed by atoms with Crippen molar-refractivity contribution in [3.05, 3.63) is 95.6 Å². The number of thiophene rings is 1. The van der Waals surface area contributed by atoms with Crippen molar-refractivity contribution in [2.24, 2.45) is 0 Å². The van der Waals surface area contributed by atoms with E-state index in [0.29, 0.717) is 22.1 Å². The van der Waals surface area contributed by atoms with E-state index < -0.39 is 0 Å². The van der Waals surface area contributed by atoms with Crippen LogP contribution in [0.25, 0.3) is 5.69 Å². The number of hydrogen-bond acceptors (Lipinski definition) is 4. The number of rotatable bonds is 7. The van der Waals surface area contributed by atoms with Gasteiger partial charge >= 0.3 is 6.03 Å². The Balaban J connectivity index is 1.24. The number of carbonyl (C=O) groups excluding carboxylic acids is 2. The summed E-state index contributed by atoms with van der Waals surface area (Å²) in [7, 11) is 0. The normalized spacial score (nSPS) is 10.5. The summed E-state index contributed by atoms with van der Waals surface area (Å²) in [6.45, 7) is 0.523. The van der Waals surface area contributed by atoms with Gasteiger partial charge in [-0.1, -0.05) is 30.3 Å². The Morgan fingerprint density at radius 2 is 1.71 bits per heavy atom. The zero-order valence-electron chi connectivity index (χ0n) is 16.6. The van der Waals surface area contributed by atoms with Crippen LogP contribution in [-0.4, -0.2) is 28.3 Å². The Kier molecular flexibility index (Phi) is 6.39. The van der Waals surface area contributed by atoms with Gasteiger partial charge in [-0.15, -0.1) is 11.3 Å². The third kappa shape index (κ3) is 5.58. The van der Waals surface area contributed by atoms with Gasteiger partial charge in [0.15, 0.2) is 0 Å². The van der Waals surface area contributed by atoms with Crippen molar-refractivity contribution in [1.82, 2.24) is 15.1 Å². The van der Waals surface area contributed by atoms with Crippen LogP contribution in [0.5, 0.6) is 0 Å². The third-order valence-corrected chi connectivity index (χ3v) is 5.50. The maximum absolute atomic E-state index is 12.4. The molecule has 0 atom stereocenters. The molecule has 0 unspecified atom stereocenters. The standard InChI is InChI=1S/C23H21N5O2S/c29-22(24-15-13-17-7-9-19(10-8-17)28-16-4-14-25-28)20-11-12-21(31-20)27-23(30)26-18-5-2-1-3-6-18/h1-12,14,16H,13,15H2,(H,24,29)(H2,26,27,30). The predicted octanol–water partition coefficient (Wildman–Crippen LogP) is 4.55. The fourth-order valence-corrected chi connectivity index (χ4v) is 3.78. The van der Waals surface area contributed by atoms with E-state index in [1.54, 1.807) is 35.1 Å². The summed E-state index contributed by atoms with van der Waals surface area (Å²) in [6, 6.07) is 22.2. The van der Waals surface area contributed by atoms with E-state index in [4.69, 9.17) is 0 Å². The lowest BCUT2D eigenvalue weighted by molar-refractivity contribution is 0.0958. The van der Waals surface area contributed by atoms with Crippen LogP contribution in [0.4, 0.5) is 15.5 Å². The fourth-order valence-electron chi connectivity index (χ4n) is 2.97. The topological polar surface area (TPSA) is 88.0 Å².